The number of aliphatic carboxylic acids is 1. The van der Waals surface area contributed by atoms with Gasteiger partial charge in [-0.2, -0.15) is 0 Å². The lowest BCUT2D eigenvalue weighted by Crippen LogP contribution is -2.60. The Morgan fingerprint density at radius 3 is 2.45 bits per heavy atom. The van der Waals surface area contributed by atoms with E-state index in [0.29, 0.717) is 0 Å². The first-order valence-corrected chi connectivity index (χ1v) is 9.01. The second-order valence-electron chi connectivity index (χ2n) is 7.46. The summed E-state index contributed by atoms with van der Waals surface area (Å²) in [6.45, 7) is 2.16. The maximum absolute atomic E-state index is 12.9. The van der Waals surface area contributed by atoms with Gasteiger partial charge >= 0.3 is 12.3 Å². The van der Waals surface area contributed by atoms with Gasteiger partial charge < -0.3 is 24.8 Å². The molecule has 0 spiro atoms. The molecule has 1 aliphatic heterocycles. The third kappa shape index (κ3) is 5.86. The van der Waals surface area contributed by atoms with Crippen LogP contribution in [0.15, 0.2) is 18.2 Å². The Kier molecular flexibility index (Phi) is 6.82. The van der Waals surface area contributed by atoms with E-state index in [1.54, 1.807) is 13.8 Å². The van der Waals surface area contributed by atoms with Gasteiger partial charge in [-0.15, -0.1) is 13.2 Å². The number of nitrogens with one attached hydrogen (secondary N) is 1. The Morgan fingerprint density at radius 2 is 1.90 bits per heavy atom. The predicted octanol–water partition coefficient (Wildman–Crippen LogP) is 1.49. The maximum atomic E-state index is 12.9. The summed E-state index contributed by atoms with van der Waals surface area (Å²) in [5.74, 6) is -6.47. The first kappa shape index (κ1) is 24.0. The Labute approximate surface area is 175 Å². The molecule has 1 unspecified atom stereocenters. The molecule has 0 aromatic heterocycles. The number of likely N-dealkylation sites (tertiary alicyclic amines) is 1. The number of amides is 2. The average molecular weight is 446 g/mol. The zero-order valence-electron chi connectivity index (χ0n) is 16.9. The van der Waals surface area contributed by atoms with Crippen molar-refractivity contribution >= 4 is 23.6 Å². The molecule has 1 heterocycles. The summed E-state index contributed by atoms with van der Waals surface area (Å²) in [4.78, 5) is 49.4. The number of carboxylic acids is 1. The molecule has 0 radical (unpaired) electrons. The molecule has 9 nitrogen and oxygen atoms in total. The van der Waals surface area contributed by atoms with Crippen molar-refractivity contribution in [2.24, 2.45) is 5.92 Å². The SMILES string of the molecule is COc1ccc(CN2C(=O)C(C(=O)NCC(=O)O)C(=O)CC2(C)C)cc1OC(F)(F)F. The van der Waals surface area contributed by atoms with Crippen LogP contribution in [0.25, 0.3) is 0 Å². The van der Waals surface area contributed by atoms with E-state index >= 15 is 0 Å². The van der Waals surface area contributed by atoms with Gasteiger partial charge in [-0.25, -0.2) is 0 Å². The number of rotatable bonds is 7. The second-order valence-corrected chi connectivity index (χ2v) is 7.46. The number of ketones is 1. The Hall–Kier alpha value is -3.31. The highest BCUT2D eigenvalue weighted by Crippen LogP contribution is 2.35. The number of piperidine rings is 1. The molecule has 1 aromatic rings. The largest absolute Gasteiger partial charge is 0.573 e. The van der Waals surface area contributed by atoms with Crippen molar-refractivity contribution in [1.82, 2.24) is 10.2 Å². The van der Waals surface area contributed by atoms with E-state index in [4.69, 9.17) is 9.84 Å². The lowest BCUT2D eigenvalue weighted by molar-refractivity contribution is -0.275. The van der Waals surface area contributed by atoms with E-state index in [-0.39, 0.29) is 24.3 Å². The van der Waals surface area contributed by atoms with Crippen LogP contribution in [0.3, 0.4) is 0 Å². The lowest BCUT2D eigenvalue weighted by atomic mass is 9.82. The number of methoxy groups -OCH3 is 1. The molecule has 170 valence electrons. The molecular formula is C19H21F3N2O7. The highest BCUT2D eigenvalue weighted by molar-refractivity contribution is 6.20. The third-order valence-electron chi connectivity index (χ3n) is 4.64. The molecule has 1 atom stereocenters. The van der Waals surface area contributed by atoms with E-state index in [1.807, 2.05) is 5.32 Å². The first-order chi connectivity index (χ1) is 14.2. The highest BCUT2D eigenvalue weighted by Gasteiger charge is 2.48. The molecule has 2 amide bonds. The molecule has 1 fully saturated rings. The van der Waals surface area contributed by atoms with Gasteiger partial charge in [0.25, 0.3) is 0 Å². The van der Waals surface area contributed by atoms with Gasteiger partial charge in [0.05, 0.1) is 7.11 Å². The van der Waals surface area contributed by atoms with Crippen molar-refractivity contribution in [1.29, 1.82) is 0 Å². The van der Waals surface area contributed by atoms with Gasteiger partial charge in [-0.05, 0) is 31.5 Å². The molecule has 0 saturated carbocycles. The summed E-state index contributed by atoms with van der Waals surface area (Å²) in [6.07, 6.45) is -5.17. The molecule has 1 saturated heterocycles. The third-order valence-corrected chi connectivity index (χ3v) is 4.64. The van der Waals surface area contributed by atoms with Crippen LogP contribution >= 0.6 is 0 Å². The molecule has 12 heteroatoms. The van der Waals surface area contributed by atoms with Crippen molar-refractivity contribution in [3.63, 3.8) is 0 Å². The van der Waals surface area contributed by atoms with Crippen LogP contribution in [0.2, 0.25) is 0 Å². The Morgan fingerprint density at radius 1 is 1.26 bits per heavy atom. The van der Waals surface area contributed by atoms with Crippen LogP contribution in [0, 0.1) is 5.92 Å². The normalized spacial score (nSPS) is 18.5. The standard InChI is InChI=1S/C19H21F3N2O7/c1-18(2)7-11(25)15(16(28)23-8-14(26)27)17(29)24(18)9-10-4-5-12(30-3)13(6-10)31-19(20,21)22/h4-6,15H,7-9H2,1-3H3,(H,23,28)(H,26,27). The lowest BCUT2D eigenvalue weighted by Gasteiger charge is -2.44. The number of carbonyl (C=O) groups is 4. The molecule has 1 aromatic carbocycles. The van der Waals surface area contributed by atoms with Gasteiger partial charge in [0.1, 0.15) is 6.54 Å². The van der Waals surface area contributed by atoms with Crippen LogP contribution in [0.5, 0.6) is 11.5 Å². The van der Waals surface area contributed by atoms with E-state index in [9.17, 15) is 32.3 Å². The van der Waals surface area contributed by atoms with E-state index in [2.05, 4.69) is 4.74 Å². The van der Waals surface area contributed by atoms with Gasteiger partial charge in [-0.1, -0.05) is 6.07 Å². The van der Waals surface area contributed by atoms with Crippen LogP contribution in [-0.4, -0.2) is 59.1 Å². The molecule has 2 N–H and O–H groups in total. The van der Waals surface area contributed by atoms with Crippen molar-refractivity contribution < 1.29 is 46.9 Å². The number of hydrogen-bond acceptors (Lipinski definition) is 6. The summed E-state index contributed by atoms with van der Waals surface area (Å²) >= 11 is 0. The monoisotopic (exact) mass is 446 g/mol. The zero-order chi connectivity index (χ0) is 23.6. The van der Waals surface area contributed by atoms with Crippen molar-refractivity contribution in [3.05, 3.63) is 23.8 Å². The molecule has 1 aliphatic rings. The quantitative estimate of drug-likeness (QED) is 0.609. The van der Waals surface area contributed by atoms with Gasteiger partial charge in [-0.3, -0.25) is 19.2 Å². The average Bonchev–Trinajstić information content (AvgIpc) is 2.61. The number of hydrogen-bond donors (Lipinski definition) is 2. The number of benzene rings is 1. The van der Waals surface area contributed by atoms with Crippen LogP contribution in [0.1, 0.15) is 25.8 Å². The number of nitrogens with zero attached hydrogens (tertiary/aromatic N) is 1. The molecular weight excluding hydrogens is 425 g/mol. The predicted molar refractivity (Wildman–Crippen MR) is 98.1 cm³/mol. The summed E-state index contributed by atoms with van der Waals surface area (Å²) < 4.78 is 46.9. The van der Waals surface area contributed by atoms with E-state index in [1.165, 1.54) is 24.1 Å². The molecule has 2 rings (SSSR count). The minimum Gasteiger partial charge on any atom is -0.493 e. The molecule has 31 heavy (non-hydrogen) atoms. The minimum atomic E-state index is -4.97. The number of alkyl halides is 3. The first-order valence-electron chi connectivity index (χ1n) is 9.01. The maximum Gasteiger partial charge on any atom is 0.573 e. The Balaban J connectivity index is 2.32. The number of ether oxygens (including phenoxy) is 2. The summed E-state index contributed by atoms with van der Waals surface area (Å²) in [5, 5.41) is 10.7. The van der Waals surface area contributed by atoms with Crippen LogP contribution in [-0.2, 0) is 25.7 Å². The minimum absolute atomic E-state index is 0.175. The van der Waals surface area contributed by atoms with Crippen molar-refractivity contribution in [2.45, 2.75) is 38.7 Å². The van der Waals surface area contributed by atoms with Crippen molar-refractivity contribution in [2.75, 3.05) is 13.7 Å². The highest BCUT2D eigenvalue weighted by atomic mass is 19.4. The summed E-state index contributed by atoms with van der Waals surface area (Å²) in [5.41, 5.74) is -0.802. The zero-order valence-corrected chi connectivity index (χ0v) is 16.9. The topological polar surface area (TPSA) is 122 Å². The fraction of sp³-hybridized carbons (Fsp3) is 0.474. The molecule has 0 bridgehead atoms. The molecule has 0 aliphatic carbocycles. The Bertz CT molecular complexity index is 899. The fourth-order valence-electron chi connectivity index (χ4n) is 3.24. The van der Waals surface area contributed by atoms with Gasteiger partial charge in [0.15, 0.2) is 23.2 Å². The number of halogens is 3. The number of carboxylic acid groups (broad SMARTS) is 1. The van der Waals surface area contributed by atoms with E-state index < -0.39 is 53.7 Å². The van der Waals surface area contributed by atoms with Crippen molar-refractivity contribution in [3.8, 4) is 11.5 Å². The van der Waals surface area contributed by atoms with Crippen LogP contribution < -0.4 is 14.8 Å². The number of carbonyl (C=O) groups excluding carboxylic acids is 3. The number of Topliss-reactive ketones (excluding diaryl/α,β-unsaturated/α-hetero) is 1. The van der Waals surface area contributed by atoms with Crippen LogP contribution in [0.4, 0.5) is 13.2 Å². The fourth-order valence-corrected chi connectivity index (χ4v) is 3.24. The summed E-state index contributed by atoms with van der Waals surface area (Å²) in [7, 11) is 1.17. The second kappa shape index (κ2) is 8.82. The van der Waals surface area contributed by atoms with E-state index in [0.717, 1.165) is 6.07 Å². The van der Waals surface area contributed by atoms with Gasteiger partial charge in [0.2, 0.25) is 11.8 Å². The smallest absolute Gasteiger partial charge is 0.493 e. The summed E-state index contributed by atoms with van der Waals surface area (Å²) in [6, 6.07) is 3.70. The van der Waals surface area contributed by atoms with Gasteiger partial charge in [0, 0.05) is 18.5 Å².